The van der Waals surface area contributed by atoms with Crippen LogP contribution >= 0.6 is 24.4 Å². The number of hydrogen-bond donors (Lipinski definition) is 3. The van der Waals surface area contributed by atoms with Crippen LogP contribution in [0, 0.1) is 0 Å². The van der Waals surface area contributed by atoms with Crippen molar-refractivity contribution in [3.8, 4) is 34.4 Å². The third-order valence-electron chi connectivity index (χ3n) is 6.51. The molecule has 6 aromatic rings. The Morgan fingerprint density at radius 3 is 1.51 bits per heavy atom. The average Bonchev–Trinajstić information content (AvgIpc) is 3.54. The van der Waals surface area contributed by atoms with Gasteiger partial charge in [-0.2, -0.15) is 12.6 Å². The molecule has 0 spiro atoms. The van der Waals surface area contributed by atoms with Gasteiger partial charge in [-0.1, -0.05) is 12.1 Å². The summed E-state index contributed by atoms with van der Waals surface area (Å²) in [5.41, 5.74) is 6.56. The summed E-state index contributed by atoms with van der Waals surface area (Å²) in [6.07, 6.45) is 2.07. The zero-order valence-electron chi connectivity index (χ0n) is 19.8. The van der Waals surface area contributed by atoms with Gasteiger partial charge in [0.05, 0.1) is 4.75 Å². The Labute approximate surface area is 222 Å². The van der Waals surface area contributed by atoms with E-state index in [9.17, 15) is 10.2 Å². The number of nitrogens with zero attached hydrogens (tertiary/aromatic N) is 2. The van der Waals surface area contributed by atoms with Crippen molar-refractivity contribution in [2.75, 3.05) is 12.0 Å². The van der Waals surface area contributed by atoms with E-state index in [1.54, 1.807) is 60.3 Å². The van der Waals surface area contributed by atoms with Gasteiger partial charge in [-0.25, -0.2) is 9.97 Å². The Morgan fingerprint density at radius 2 is 1.14 bits per heavy atom. The van der Waals surface area contributed by atoms with Crippen molar-refractivity contribution >= 4 is 46.6 Å². The minimum Gasteiger partial charge on any atom is -0.508 e. The summed E-state index contributed by atoms with van der Waals surface area (Å²) in [6, 6.07) is 25.6. The van der Waals surface area contributed by atoms with Crippen LogP contribution in [-0.2, 0) is 4.75 Å². The molecule has 0 amide bonds. The zero-order chi connectivity index (χ0) is 25.6. The maximum absolute atomic E-state index is 9.59. The fourth-order valence-corrected chi connectivity index (χ4v) is 6.07. The summed E-state index contributed by atoms with van der Waals surface area (Å²) in [5.74, 6) is 1.94. The molecule has 2 heterocycles. The van der Waals surface area contributed by atoms with Crippen LogP contribution in [0.15, 0.2) is 93.8 Å². The highest BCUT2D eigenvalue weighted by Gasteiger charge is 2.33. The fraction of sp³-hybridized carbons (Fsp3) is 0.103. The number of hydrogen-bond acceptors (Lipinski definition) is 8. The van der Waals surface area contributed by atoms with Crippen molar-refractivity contribution in [2.45, 2.75) is 4.75 Å². The molecule has 0 saturated carbocycles. The molecule has 2 aromatic heterocycles. The number of oxazole rings is 2. The van der Waals surface area contributed by atoms with Gasteiger partial charge in [-0.3, -0.25) is 0 Å². The van der Waals surface area contributed by atoms with Crippen molar-refractivity contribution < 1.29 is 19.0 Å². The summed E-state index contributed by atoms with van der Waals surface area (Å²) in [7, 11) is 0. The first kappa shape index (κ1) is 23.5. The van der Waals surface area contributed by atoms with Gasteiger partial charge < -0.3 is 19.0 Å². The Kier molecular flexibility index (Phi) is 5.85. The number of aromatic nitrogens is 2. The van der Waals surface area contributed by atoms with Crippen molar-refractivity contribution in [2.24, 2.45) is 0 Å². The molecule has 0 saturated heterocycles. The summed E-state index contributed by atoms with van der Waals surface area (Å²) in [4.78, 5) is 9.43. The smallest absolute Gasteiger partial charge is 0.227 e. The highest BCUT2D eigenvalue weighted by atomic mass is 32.2. The van der Waals surface area contributed by atoms with E-state index in [0.29, 0.717) is 28.7 Å². The molecule has 0 aliphatic heterocycles. The van der Waals surface area contributed by atoms with Gasteiger partial charge in [0.25, 0.3) is 0 Å². The number of phenolic OH excluding ortho intramolecular Hbond substituents is 2. The number of rotatable bonds is 6. The summed E-state index contributed by atoms with van der Waals surface area (Å²) in [5, 5.41) is 19.2. The molecule has 8 heteroatoms. The third-order valence-corrected chi connectivity index (χ3v) is 8.51. The lowest BCUT2D eigenvalue weighted by Crippen LogP contribution is -2.25. The van der Waals surface area contributed by atoms with E-state index in [1.165, 1.54) is 0 Å². The van der Waals surface area contributed by atoms with Gasteiger partial charge >= 0.3 is 0 Å². The maximum Gasteiger partial charge on any atom is 0.227 e. The molecule has 37 heavy (non-hydrogen) atoms. The molecule has 4 aromatic carbocycles. The predicted octanol–water partition coefficient (Wildman–Crippen LogP) is 7.25. The van der Waals surface area contributed by atoms with Gasteiger partial charge in [-0.05, 0) is 90.2 Å². The third kappa shape index (κ3) is 4.12. The minimum atomic E-state index is -0.458. The van der Waals surface area contributed by atoms with Crippen LogP contribution in [0.5, 0.6) is 11.5 Å². The van der Waals surface area contributed by atoms with Gasteiger partial charge in [-0.15, -0.1) is 11.8 Å². The first-order valence-electron chi connectivity index (χ1n) is 11.6. The quantitative estimate of drug-likeness (QED) is 0.197. The molecule has 0 bridgehead atoms. The number of aromatic hydroxyl groups is 2. The number of thiol groups is 1. The molecule has 0 unspecified atom stereocenters. The molecule has 6 rings (SSSR count). The van der Waals surface area contributed by atoms with Crippen LogP contribution in [-0.4, -0.2) is 32.2 Å². The zero-order valence-corrected chi connectivity index (χ0v) is 21.5. The van der Waals surface area contributed by atoms with Crippen LogP contribution in [0.4, 0.5) is 0 Å². The molecule has 0 aliphatic carbocycles. The van der Waals surface area contributed by atoms with Gasteiger partial charge in [0.15, 0.2) is 11.2 Å². The van der Waals surface area contributed by atoms with Gasteiger partial charge in [0.1, 0.15) is 22.5 Å². The Morgan fingerprint density at radius 1 is 0.703 bits per heavy atom. The first-order chi connectivity index (χ1) is 18.0. The topological polar surface area (TPSA) is 92.5 Å². The van der Waals surface area contributed by atoms with Crippen LogP contribution in [0.1, 0.15) is 11.1 Å². The lowest BCUT2D eigenvalue weighted by molar-refractivity contribution is 0.474. The minimum absolute atomic E-state index is 0.194. The van der Waals surface area contributed by atoms with E-state index in [4.69, 9.17) is 31.4 Å². The van der Waals surface area contributed by atoms with Gasteiger partial charge in [0.2, 0.25) is 11.8 Å². The highest BCUT2D eigenvalue weighted by Crippen LogP contribution is 2.44. The number of benzene rings is 4. The predicted molar refractivity (Wildman–Crippen MR) is 150 cm³/mol. The molecule has 2 N–H and O–H groups in total. The van der Waals surface area contributed by atoms with Gasteiger partial charge in [0, 0.05) is 16.9 Å². The lowest BCUT2D eigenvalue weighted by Gasteiger charge is -2.31. The average molecular weight is 527 g/mol. The molecule has 0 fully saturated rings. The van der Waals surface area contributed by atoms with E-state index in [0.717, 1.165) is 33.3 Å². The van der Waals surface area contributed by atoms with Crippen LogP contribution in [0.2, 0.25) is 0 Å². The Balaban J connectivity index is 1.41. The fourth-order valence-electron chi connectivity index (χ4n) is 4.46. The normalized spacial score (nSPS) is 11.9. The molecule has 0 atom stereocenters. The second-order valence-electron chi connectivity index (χ2n) is 8.69. The van der Waals surface area contributed by atoms with E-state index >= 15 is 0 Å². The largest absolute Gasteiger partial charge is 0.508 e. The van der Waals surface area contributed by atoms with Crippen LogP contribution in [0.25, 0.3) is 45.1 Å². The number of phenols is 2. The lowest BCUT2D eigenvalue weighted by atomic mass is 9.91. The van der Waals surface area contributed by atoms with Crippen molar-refractivity contribution in [3.05, 3.63) is 96.1 Å². The van der Waals surface area contributed by atoms with E-state index < -0.39 is 4.75 Å². The first-order valence-corrected chi connectivity index (χ1v) is 13.4. The van der Waals surface area contributed by atoms with Crippen molar-refractivity contribution in [3.63, 3.8) is 0 Å². The van der Waals surface area contributed by atoms with Crippen LogP contribution in [0.3, 0.4) is 0 Å². The standard InChI is InChI=1S/C29H22N2O4S2/c1-37-29(16-36,19-6-12-25-23(14-19)30-27(34-25)17-2-8-21(32)9-3-17)20-7-13-26-24(15-20)31-28(35-26)18-4-10-22(33)11-5-18/h2-15,32-33,36H,16H2,1H3. The summed E-state index contributed by atoms with van der Waals surface area (Å²) >= 11 is 6.48. The highest BCUT2D eigenvalue weighted by molar-refractivity contribution is 8.00. The number of fused-ring (bicyclic) bond motifs is 2. The van der Waals surface area contributed by atoms with E-state index in [-0.39, 0.29) is 11.5 Å². The molecule has 184 valence electrons. The second-order valence-corrected chi connectivity index (χ2v) is 10.1. The summed E-state index contributed by atoms with van der Waals surface area (Å²) < 4.78 is 11.5. The molecular formula is C29H22N2O4S2. The SMILES string of the molecule is CSC(CS)(c1ccc2oc(-c3ccc(O)cc3)nc2c1)c1ccc2oc(-c3ccc(O)cc3)nc2c1. The molecule has 0 radical (unpaired) electrons. The van der Waals surface area contributed by atoms with E-state index in [2.05, 4.69) is 18.4 Å². The monoisotopic (exact) mass is 526 g/mol. The molecular weight excluding hydrogens is 504 g/mol. The molecule has 0 aliphatic rings. The second kappa shape index (κ2) is 9.21. The van der Waals surface area contributed by atoms with Crippen molar-refractivity contribution in [1.82, 2.24) is 9.97 Å². The Bertz CT molecular complexity index is 1590. The molecule has 6 nitrogen and oxygen atoms in total. The Hall–Kier alpha value is -3.88. The maximum atomic E-state index is 9.59. The van der Waals surface area contributed by atoms with E-state index in [1.807, 2.05) is 24.3 Å². The van der Waals surface area contributed by atoms with Crippen molar-refractivity contribution in [1.29, 1.82) is 0 Å². The number of thioether (sulfide) groups is 1. The van der Waals surface area contributed by atoms with Crippen LogP contribution < -0.4 is 0 Å². The summed E-state index contributed by atoms with van der Waals surface area (Å²) in [6.45, 7) is 0.